The first-order chi connectivity index (χ1) is 12.5. The van der Waals surface area contributed by atoms with Crippen LogP contribution >= 0.6 is 0 Å². The normalized spacial score (nSPS) is 17.5. The second-order valence-electron chi connectivity index (χ2n) is 7.18. The van der Waals surface area contributed by atoms with E-state index in [4.69, 9.17) is 5.10 Å². The average molecular weight is 358 g/mol. The van der Waals surface area contributed by atoms with Crippen molar-refractivity contribution in [2.75, 3.05) is 6.54 Å². The molecule has 0 aliphatic heterocycles. The highest BCUT2D eigenvalue weighted by atomic mass is 15.3. The van der Waals surface area contributed by atoms with E-state index < -0.39 is 0 Å². The zero-order valence-corrected chi connectivity index (χ0v) is 16.5. The molecule has 2 heterocycles. The van der Waals surface area contributed by atoms with Gasteiger partial charge in [0.25, 0.3) is 0 Å². The van der Waals surface area contributed by atoms with Crippen molar-refractivity contribution in [3.8, 4) is 0 Å². The lowest BCUT2D eigenvalue weighted by atomic mass is 9.94. The number of aliphatic imine (C=N–C) groups is 1. The van der Waals surface area contributed by atoms with Gasteiger partial charge in [0, 0.05) is 38.3 Å². The number of nitrogens with one attached hydrogen (secondary N) is 2. The molecule has 1 atom stereocenters. The zero-order valence-electron chi connectivity index (χ0n) is 16.5. The third-order valence-electron chi connectivity index (χ3n) is 4.87. The average Bonchev–Trinajstić information content (AvgIpc) is 3.17. The van der Waals surface area contributed by atoms with Gasteiger partial charge in [0.05, 0.1) is 5.69 Å². The van der Waals surface area contributed by atoms with Crippen molar-refractivity contribution in [1.82, 2.24) is 35.2 Å². The van der Waals surface area contributed by atoms with Crippen LogP contribution in [0, 0.1) is 6.92 Å². The Bertz CT molecular complexity index is 770. The lowest BCUT2D eigenvalue weighted by Crippen LogP contribution is -2.45. The lowest BCUT2D eigenvalue weighted by Gasteiger charge is -2.24. The minimum absolute atomic E-state index is 0.344. The van der Waals surface area contributed by atoms with Crippen LogP contribution in [0.1, 0.15) is 56.1 Å². The van der Waals surface area contributed by atoms with E-state index in [1.165, 1.54) is 11.3 Å². The summed E-state index contributed by atoms with van der Waals surface area (Å²) in [6, 6.07) is 0.748. The Balaban J connectivity index is 1.66. The fourth-order valence-corrected chi connectivity index (χ4v) is 3.15. The molecule has 2 N–H and O–H groups in total. The van der Waals surface area contributed by atoms with E-state index in [0.29, 0.717) is 18.6 Å². The smallest absolute Gasteiger partial charge is 0.191 e. The first-order valence-corrected chi connectivity index (χ1v) is 9.44. The number of hydrogen-bond donors (Lipinski definition) is 2. The molecule has 1 aliphatic carbocycles. The molecule has 2 aromatic heterocycles. The molecule has 142 valence electrons. The van der Waals surface area contributed by atoms with Crippen LogP contribution in [0.15, 0.2) is 11.2 Å². The van der Waals surface area contributed by atoms with Gasteiger partial charge in [-0.1, -0.05) is 0 Å². The van der Waals surface area contributed by atoms with Gasteiger partial charge in [0.15, 0.2) is 11.8 Å². The van der Waals surface area contributed by atoms with Crippen molar-refractivity contribution in [3.63, 3.8) is 0 Å². The van der Waals surface area contributed by atoms with E-state index in [9.17, 15) is 0 Å². The van der Waals surface area contributed by atoms with E-state index >= 15 is 0 Å². The van der Waals surface area contributed by atoms with Crippen LogP contribution in [-0.2, 0) is 26.4 Å². The molecular weight excluding hydrogens is 328 g/mol. The molecule has 0 radical (unpaired) electrons. The van der Waals surface area contributed by atoms with Crippen molar-refractivity contribution in [3.05, 3.63) is 29.1 Å². The van der Waals surface area contributed by atoms with E-state index in [2.05, 4.69) is 57.5 Å². The van der Waals surface area contributed by atoms with Crippen molar-refractivity contribution >= 4 is 5.96 Å². The summed E-state index contributed by atoms with van der Waals surface area (Å²) in [6.45, 7) is 9.68. The lowest BCUT2D eigenvalue weighted by molar-refractivity contribution is 0.499. The largest absolute Gasteiger partial charge is 0.357 e. The fraction of sp³-hybridized carbons (Fsp3) is 0.667. The van der Waals surface area contributed by atoms with Gasteiger partial charge in [-0.05, 0) is 46.1 Å². The van der Waals surface area contributed by atoms with Gasteiger partial charge in [-0.25, -0.2) is 4.99 Å². The van der Waals surface area contributed by atoms with Crippen LogP contribution in [0.2, 0.25) is 0 Å². The molecule has 26 heavy (non-hydrogen) atoms. The van der Waals surface area contributed by atoms with Crippen LogP contribution in [-0.4, -0.2) is 43.1 Å². The second-order valence-corrected chi connectivity index (χ2v) is 7.18. The van der Waals surface area contributed by atoms with Gasteiger partial charge in [-0.15, -0.1) is 10.2 Å². The summed E-state index contributed by atoms with van der Waals surface area (Å²) < 4.78 is 4.04. The maximum atomic E-state index is 4.76. The number of rotatable bonds is 5. The maximum absolute atomic E-state index is 4.76. The molecule has 8 heteroatoms. The van der Waals surface area contributed by atoms with E-state index in [1.807, 2.05) is 18.5 Å². The number of nitrogens with zero attached hydrogens (tertiary/aromatic N) is 6. The molecule has 0 spiro atoms. The summed E-state index contributed by atoms with van der Waals surface area (Å²) in [5, 5.41) is 19.9. The first-order valence-electron chi connectivity index (χ1n) is 9.44. The van der Waals surface area contributed by atoms with Crippen LogP contribution in [0.5, 0.6) is 0 Å². The number of fused-ring (bicyclic) bond motifs is 1. The predicted octanol–water partition coefficient (Wildman–Crippen LogP) is 1.51. The molecule has 1 unspecified atom stereocenters. The summed E-state index contributed by atoms with van der Waals surface area (Å²) in [6.07, 6.45) is 5.28. The molecular formula is C18H30N8. The highest BCUT2D eigenvalue weighted by molar-refractivity contribution is 5.80. The summed E-state index contributed by atoms with van der Waals surface area (Å²) in [4.78, 5) is 4.69. The van der Waals surface area contributed by atoms with Crippen molar-refractivity contribution in [2.24, 2.45) is 12.0 Å². The molecule has 1 aliphatic rings. The Morgan fingerprint density at radius 1 is 1.38 bits per heavy atom. The Morgan fingerprint density at radius 2 is 2.19 bits per heavy atom. The van der Waals surface area contributed by atoms with Crippen molar-refractivity contribution in [1.29, 1.82) is 0 Å². The summed E-state index contributed by atoms with van der Waals surface area (Å²) in [5.41, 5.74) is 2.59. The Hall–Kier alpha value is -2.38. The Labute approximate surface area is 155 Å². The minimum Gasteiger partial charge on any atom is -0.357 e. The molecule has 8 nitrogen and oxygen atoms in total. The standard InChI is InChI=1S/C18H30N8/c1-6-19-18(20-10-17-23-22-13(4)25(17)5)21-15-8-7-14-11-26(12(2)3)24-16(14)9-15/h11-12,15H,6-10H2,1-5H3,(H2,19,20,21). The summed E-state index contributed by atoms with van der Waals surface area (Å²) in [7, 11) is 1.97. The van der Waals surface area contributed by atoms with Crippen LogP contribution in [0.3, 0.4) is 0 Å². The van der Waals surface area contributed by atoms with E-state index in [1.54, 1.807) is 0 Å². The first kappa shape index (κ1) is 18.4. The maximum Gasteiger partial charge on any atom is 0.191 e. The topological polar surface area (TPSA) is 85.0 Å². The van der Waals surface area contributed by atoms with Gasteiger partial charge < -0.3 is 15.2 Å². The highest BCUT2D eigenvalue weighted by Crippen LogP contribution is 2.21. The summed E-state index contributed by atoms with van der Waals surface area (Å²) >= 11 is 0. The van der Waals surface area contributed by atoms with Gasteiger partial charge in [0.1, 0.15) is 12.4 Å². The number of guanidine groups is 1. The molecule has 0 aromatic carbocycles. The molecule has 0 saturated carbocycles. The SMILES string of the molecule is CCNC(=NCc1nnc(C)n1C)NC1CCc2cn(C(C)C)nc2C1. The molecule has 0 bridgehead atoms. The monoisotopic (exact) mass is 358 g/mol. The summed E-state index contributed by atoms with van der Waals surface area (Å²) in [5.74, 6) is 2.58. The van der Waals surface area contributed by atoms with Crippen molar-refractivity contribution < 1.29 is 0 Å². The molecule has 3 rings (SSSR count). The van der Waals surface area contributed by atoms with Crippen LogP contribution in [0.25, 0.3) is 0 Å². The molecule has 0 fully saturated rings. The van der Waals surface area contributed by atoms with Gasteiger partial charge in [-0.3, -0.25) is 4.68 Å². The fourth-order valence-electron chi connectivity index (χ4n) is 3.15. The zero-order chi connectivity index (χ0) is 18.7. The van der Waals surface area contributed by atoms with Gasteiger partial charge in [-0.2, -0.15) is 5.10 Å². The third-order valence-corrected chi connectivity index (χ3v) is 4.87. The molecule has 0 amide bonds. The number of aromatic nitrogens is 5. The Morgan fingerprint density at radius 3 is 2.85 bits per heavy atom. The van der Waals surface area contributed by atoms with E-state index in [0.717, 1.165) is 43.4 Å². The molecule has 2 aromatic rings. The van der Waals surface area contributed by atoms with E-state index in [-0.39, 0.29) is 0 Å². The van der Waals surface area contributed by atoms with Gasteiger partial charge in [0.2, 0.25) is 0 Å². The van der Waals surface area contributed by atoms with Gasteiger partial charge >= 0.3 is 0 Å². The number of hydrogen-bond acceptors (Lipinski definition) is 4. The molecule has 0 saturated heterocycles. The quantitative estimate of drug-likeness (QED) is 0.625. The third kappa shape index (κ3) is 4.05. The minimum atomic E-state index is 0.344. The highest BCUT2D eigenvalue weighted by Gasteiger charge is 2.23. The Kier molecular flexibility index (Phi) is 5.58. The van der Waals surface area contributed by atoms with Crippen molar-refractivity contribution in [2.45, 2.75) is 65.6 Å². The second kappa shape index (κ2) is 7.88. The van der Waals surface area contributed by atoms with Crippen LogP contribution < -0.4 is 10.6 Å². The van der Waals surface area contributed by atoms with Crippen LogP contribution in [0.4, 0.5) is 0 Å². The predicted molar refractivity (Wildman–Crippen MR) is 102 cm³/mol. The number of aryl methyl sites for hydroxylation is 2.